The Hall–Kier alpha value is -0.160. The van der Waals surface area contributed by atoms with Crippen molar-refractivity contribution in [1.29, 1.82) is 0 Å². The van der Waals surface area contributed by atoms with Crippen LogP contribution in [0, 0.1) is 0 Å². The molecule has 1 aliphatic rings. The lowest BCUT2D eigenvalue weighted by Crippen LogP contribution is -2.37. The van der Waals surface area contributed by atoms with Crippen LogP contribution in [-0.4, -0.2) is 42.7 Å². The van der Waals surface area contributed by atoms with Crippen molar-refractivity contribution in [2.24, 2.45) is 0 Å². The molecule has 0 N–H and O–H groups in total. The maximum Gasteiger partial charge on any atom is 0.0929 e. The first kappa shape index (κ1) is 14.3. The fourth-order valence-corrected chi connectivity index (χ4v) is 3.38. The molecule has 0 spiro atoms. The smallest absolute Gasteiger partial charge is 0.0929 e. The molecule has 0 saturated carbocycles. The van der Waals surface area contributed by atoms with Crippen molar-refractivity contribution in [1.82, 2.24) is 9.88 Å². The van der Waals surface area contributed by atoms with Crippen LogP contribution in [0.1, 0.15) is 30.0 Å². The van der Waals surface area contributed by atoms with Gasteiger partial charge in [-0.05, 0) is 32.9 Å². The average molecular weight is 289 g/mol. The number of alkyl halides is 1. The number of nitrogens with zero attached hydrogens (tertiary/aromatic N) is 2. The van der Waals surface area contributed by atoms with Gasteiger partial charge in [0.2, 0.25) is 0 Å². The monoisotopic (exact) mass is 288 g/mol. The van der Waals surface area contributed by atoms with Gasteiger partial charge in [-0.15, -0.1) is 22.9 Å². The maximum atomic E-state index is 5.75. The minimum absolute atomic E-state index is 0.526. The lowest BCUT2D eigenvalue weighted by Gasteiger charge is -2.31. The zero-order valence-electron chi connectivity index (χ0n) is 10.9. The van der Waals surface area contributed by atoms with Gasteiger partial charge in [0.15, 0.2) is 0 Å². The summed E-state index contributed by atoms with van der Waals surface area (Å²) in [4.78, 5) is 6.96. The van der Waals surface area contributed by atoms with Crippen molar-refractivity contribution < 1.29 is 4.74 Å². The minimum atomic E-state index is 0.526. The van der Waals surface area contributed by atoms with Crippen molar-refractivity contribution >= 4 is 22.9 Å². The van der Waals surface area contributed by atoms with Crippen LogP contribution >= 0.6 is 22.9 Å². The van der Waals surface area contributed by atoms with Gasteiger partial charge in [-0.1, -0.05) is 0 Å². The van der Waals surface area contributed by atoms with Crippen LogP contribution < -0.4 is 0 Å². The molecule has 1 aromatic heterocycles. The molecule has 0 bridgehead atoms. The molecule has 5 heteroatoms. The predicted molar refractivity (Wildman–Crippen MR) is 76.5 cm³/mol. The summed E-state index contributed by atoms with van der Waals surface area (Å²) in [5, 5.41) is 3.27. The highest BCUT2D eigenvalue weighted by molar-refractivity contribution is 7.09. The molecule has 1 aliphatic heterocycles. The first-order valence-electron chi connectivity index (χ1n) is 6.57. The summed E-state index contributed by atoms with van der Waals surface area (Å²) in [5.41, 5.74) is 1.01. The molecule has 18 heavy (non-hydrogen) atoms. The van der Waals surface area contributed by atoms with Crippen LogP contribution in [0.25, 0.3) is 0 Å². The lowest BCUT2D eigenvalue weighted by molar-refractivity contribution is 0.0428. The Morgan fingerprint density at radius 2 is 2.28 bits per heavy atom. The van der Waals surface area contributed by atoms with E-state index in [2.05, 4.69) is 22.3 Å². The van der Waals surface area contributed by atoms with E-state index in [-0.39, 0.29) is 0 Å². The zero-order chi connectivity index (χ0) is 12.8. The second-order valence-electron chi connectivity index (χ2n) is 4.79. The summed E-state index contributed by atoms with van der Waals surface area (Å²) < 4.78 is 5.39. The van der Waals surface area contributed by atoms with E-state index in [4.69, 9.17) is 16.3 Å². The van der Waals surface area contributed by atoms with Crippen LogP contribution in [0.4, 0.5) is 0 Å². The topological polar surface area (TPSA) is 25.4 Å². The van der Waals surface area contributed by atoms with E-state index < -0.39 is 0 Å². The van der Waals surface area contributed by atoms with Gasteiger partial charge in [-0.2, -0.15) is 0 Å². The molecule has 2 rings (SSSR count). The summed E-state index contributed by atoms with van der Waals surface area (Å²) in [6.07, 6.45) is 4.58. The SMILES string of the molecule is CN(CCCc1nc(CCl)cs1)C1CCOCC1. The molecule has 1 fully saturated rings. The highest BCUT2D eigenvalue weighted by Crippen LogP contribution is 2.16. The molecule has 2 heterocycles. The molecule has 102 valence electrons. The molecule has 1 saturated heterocycles. The molecule has 3 nitrogen and oxygen atoms in total. The highest BCUT2D eigenvalue weighted by Gasteiger charge is 2.17. The van der Waals surface area contributed by atoms with Crippen LogP contribution in [0.2, 0.25) is 0 Å². The standard InChI is InChI=1S/C13H21ClN2OS/c1-16(12-4-7-17-8-5-12)6-2-3-13-15-11(9-14)10-18-13/h10,12H,2-9H2,1H3. The van der Waals surface area contributed by atoms with Crippen LogP contribution in [0.15, 0.2) is 5.38 Å². The lowest BCUT2D eigenvalue weighted by atomic mass is 10.1. The second-order valence-corrected chi connectivity index (χ2v) is 6.00. The van der Waals surface area contributed by atoms with Crippen LogP contribution in [0.5, 0.6) is 0 Å². The Bertz CT molecular complexity index is 353. The Kier molecular flexibility index (Phi) is 5.89. The van der Waals surface area contributed by atoms with Crippen molar-refractivity contribution in [3.63, 3.8) is 0 Å². The Morgan fingerprint density at radius 3 is 2.94 bits per heavy atom. The zero-order valence-corrected chi connectivity index (χ0v) is 12.5. The summed E-state index contributed by atoms with van der Waals surface area (Å²) in [5.74, 6) is 0.526. The molecule has 0 atom stereocenters. The molecule has 0 amide bonds. The summed E-state index contributed by atoms with van der Waals surface area (Å²) in [6.45, 7) is 2.97. The number of hydrogen-bond donors (Lipinski definition) is 0. The molecular weight excluding hydrogens is 268 g/mol. The normalized spacial score (nSPS) is 17.5. The van der Waals surface area contributed by atoms with Gasteiger partial charge in [0.05, 0.1) is 16.6 Å². The van der Waals surface area contributed by atoms with E-state index in [9.17, 15) is 0 Å². The number of ether oxygens (including phenoxy) is 1. The third-order valence-electron chi connectivity index (χ3n) is 3.45. The molecule has 0 unspecified atom stereocenters. The summed E-state index contributed by atoms with van der Waals surface area (Å²) >= 11 is 7.48. The second kappa shape index (κ2) is 7.43. The third kappa shape index (κ3) is 4.19. The van der Waals surface area contributed by atoms with Crippen molar-refractivity contribution in [2.45, 2.75) is 37.6 Å². The quantitative estimate of drug-likeness (QED) is 0.753. The van der Waals surface area contributed by atoms with Crippen molar-refractivity contribution in [2.75, 3.05) is 26.8 Å². The Morgan fingerprint density at radius 1 is 1.50 bits per heavy atom. The predicted octanol–water partition coefficient (Wildman–Crippen LogP) is 2.93. The van der Waals surface area contributed by atoms with Gasteiger partial charge in [-0.25, -0.2) is 4.98 Å². The Balaban J connectivity index is 1.67. The van der Waals surface area contributed by atoms with E-state index in [0.717, 1.165) is 31.9 Å². The number of thiazole rings is 1. The third-order valence-corrected chi connectivity index (χ3v) is 4.68. The molecule has 0 aliphatic carbocycles. The van der Waals surface area contributed by atoms with Gasteiger partial charge in [0.25, 0.3) is 0 Å². The number of rotatable bonds is 6. The van der Waals surface area contributed by atoms with Gasteiger partial charge < -0.3 is 9.64 Å². The molecule has 0 radical (unpaired) electrons. The number of halogens is 1. The van der Waals surface area contributed by atoms with Gasteiger partial charge in [0.1, 0.15) is 0 Å². The first-order valence-corrected chi connectivity index (χ1v) is 7.98. The number of hydrogen-bond acceptors (Lipinski definition) is 4. The molecule has 1 aromatic rings. The van der Waals surface area contributed by atoms with Gasteiger partial charge in [-0.3, -0.25) is 0 Å². The fourth-order valence-electron chi connectivity index (χ4n) is 2.31. The highest BCUT2D eigenvalue weighted by atomic mass is 35.5. The van der Waals surface area contributed by atoms with E-state index >= 15 is 0 Å². The molecule has 0 aromatic carbocycles. The Labute approximate surface area is 118 Å². The summed E-state index contributed by atoms with van der Waals surface area (Å²) in [7, 11) is 2.22. The van der Waals surface area contributed by atoms with Gasteiger partial charge >= 0.3 is 0 Å². The largest absolute Gasteiger partial charge is 0.381 e. The van der Waals surface area contributed by atoms with Crippen LogP contribution in [0.3, 0.4) is 0 Å². The number of aryl methyl sites for hydroxylation is 1. The fraction of sp³-hybridized carbons (Fsp3) is 0.769. The van der Waals surface area contributed by atoms with Crippen molar-refractivity contribution in [3.05, 3.63) is 16.1 Å². The summed E-state index contributed by atoms with van der Waals surface area (Å²) in [6, 6.07) is 0.702. The van der Waals surface area contributed by atoms with Crippen molar-refractivity contribution in [3.8, 4) is 0 Å². The van der Waals surface area contributed by atoms with E-state index in [1.807, 2.05) is 0 Å². The molecular formula is C13H21ClN2OS. The van der Waals surface area contributed by atoms with E-state index in [1.54, 1.807) is 11.3 Å². The number of aromatic nitrogens is 1. The maximum absolute atomic E-state index is 5.75. The first-order chi connectivity index (χ1) is 8.79. The van der Waals surface area contributed by atoms with Gasteiger partial charge in [0, 0.05) is 31.1 Å². The average Bonchev–Trinajstić information content (AvgIpc) is 2.87. The van der Waals surface area contributed by atoms with E-state index in [0.29, 0.717) is 11.9 Å². The minimum Gasteiger partial charge on any atom is -0.381 e. The van der Waals surface area contributed by atoms with Crippen LogP contribution in [-0.2, 0) is 17.0 Å². The van der Waals surface area contributed by atoms with E-state index in [1.165, 1.54) is 24.3 Å².